The summed E-state index contributed by atoms with van der Waals surface area (Å²) in [6, 6.07) is 10.6. The van der Waals surface area contributed by atoms with Gasteiger partial charge in [-0.1, -0.05) is 6.07 Å². The van der Waals surface area contributed by atoms with Gasteiger partial charge in [0.1, 0.15) is 5.01 Å². The zero-order valence-corrected chi connectivity index (χ0v) is 14.7. The molecule has 0 spiro atoms. The number of sulfonamides is 1. The van der Waals surface area contributed by atoms with Gasteiger partial charge < -0.3 is 0 Å². The van der Waals surface area contributed by atoms with Gasteiger partial charge in [0.2, 0.25) is 0 Å². The van der Waals surface area contributed by atoms with E-state index in [0.717, 1.165) is 16.6 Å². The van der Waals surface area contributed by atoms with Crippen LogP contribution in [0, 0.1) is 17.0 Å². The van der Waals surface area contributed by atoms with Crippen LogP contribution in [0.5, 0.6) is 0 Å². The molecule has 2 aromatic carbocycles. The van der Waals surface area contributed by atoms with Crippen LogP contribution in [0.4, 0.5) is 11.4 Å². The SMILES string of the molecule is Cc1ccc(S(=O)(=O)Nc2ccc(-c3nccs3)cc2)cc1[N+](=O)[O-]. The van der Waals surface area contributed by atoms with Gasteiger partial charge in [-0.05, 0) is 37.3 Å². The fourth-order valence-electron chi connectivity index (χ4n) is 2.21. The summed E-state index contributed by atoms with van der Waals surface area (Å²) in [5.41, 5.74) is 1.41. The minimum atomic E-state index is -3.92. The number of aryl methyl sites for hydroxylation is 1. The van der Waals surface area contributed by atoms with Crippen molar-refractivity contribution < 1.29 is 13.3 Å². The van der Waals surface area contributed by atoms with Crippen LogP contribution in [0.2, 0.25) is 0 Å². The molecule has 0 aliphatic heterocycles. The first kappa shape index (κ1) is 17.1. The van der Waals surface area contributed by atoms with E-state index in [0.29, 0.717) is 11.3 Å². The molecule has 0 atom stereocenters. The van der Waals surface area contributed by atoms with Crippen molar-refractivity contribution in [1.29, 1.82) is 0 Å². The normalized spacial score (nSPS) is 11.2. The van der Waals surface area contributed by atoms with Crippen molar-refractivity contribution in [3.05, 3.63) is 69.7 Å². The van der Waals surface area contributed by atoms with E-state index < -0.39 is 14.9 Å². The Balaban J connectivity index is 1.86. The molecule has 0 saturated carbocycles. The molecule has 0 radical (unpaired) electrons. The summed E-state index contributed by atoms with van der Waals surface area (Å²) in [6.07, 6.45) is 1.70. The highest BCUT2D eigenvalue weighted by atomic mass is 32.2. The summed E-state index contributed by atoms with van der Waals surface area (Å²) in [5.74, 6) is 0. The quantitative estimate of drug-likeness (QED) is 0.539. The van der Waals surface area contributed by atoms with Crippen molar-refractivity contribution in [3.8, 4) is 10.6 Å². The molecule has 0 aliphatic rings. The van der Waals surface area contributed by atoms with Crippen LogP contribution < -0.4 is 4.72 Å². The van der Waals surface area contributed by atoms with Gasteiger partial charge in [-0.3, -0.25) is 14.8 Å². The molecule has 0 bridgehead atoms. The lowest BCUT2D eigenvalue weighted by Gasteiger charge is -2.09. The van der Waals surface area contributed by atoms with E-state index in [4.69, 9.17) is 0 Å². The van der Waals surface area contributed by atoms with E-state index in [9.17, 15) is 18.5 Å². The zero-order chi connectivity index (χ0) is 18.0. The second-order valence-electron chi connectivity index (χ2n) is 5.23. The molecule has 0 aliphatic carbocycles. The van der Waals surface area contributed by atoms with Gasteiger partial charge in [-0.2, -0.15) is 0 Å². The zero-order valence-electron chi connectivity index (χ0n) is 13.0. The lowest BCUT2D eigenvalue weighted by Crippen LogP contribution is -2.13. The fourth-order valence-corrected chi connectivity index (χ4v) is 3.94. The second kappa shape index (κ2) is 6.61. The second-order valence-corrected chi connectivity index (χ2v) is 7.80. The molecule has 1 heterocycles. The summed E-state index contributed by atoms with van der Waals surface area (Å²) < 4.78 is 27.3. The first-order valence-electron chi connectivity index (χ1n) is 7.14. The van der Waals surface area contributed by atoms with Crippen LogP contribution in [-0.2, 0) is 10.0 Å². The molecule has 1 aromatic heterocycles. The Bertz CT molecular complexity index is 1010. The number of benzene rings is 2. The molecule has 0 saturated heterocycles. The lowest BCUT2D eigenvalue weighted by molar-refractivity contribution is -0.385. The van der Waals surface area contributed by atoms with Crippen molar-refractivity contribution in [3.63, 3.8) is 0 Å². The third-order valence-corrected chi connectivity index (χ3v) is 5.71. The number of aromatic nitrogens is 1. The molecule has 3 rings (SSSR count). The molecule has 0 unspecified atom stereocenters. The Hall–Kier alpha value is -2.78. The topological polar surface area (TPSA) is 102 Å². The van der Waals surface area contributed by atoms with Crippen molar-refractivity contribution in [2.45, 2.75) is 11.8 Å². The third-order valence-electron chi connectivity index (χ3n) is 3.50. The maximum atomic E-state index is 12.5. The van der Waals surface area contributed by atoms with Crippen LogP contribution in [0.25, 0.3) is 10.6 Å². The van der Waals surface area contributed by atoms with Gasteiger partial charge in [0.25, 0.3) is 15.7 Å². The van der Waals surface area contributed by atoms with Crippen LogP contribution in [0.1, 0.15) is 5.56 Å². The molecule has 7 nitrogen and oxygen atoms in total. The van der Waals surface area contributed by atoms with E-state index >= 15 is 0 Å². The Morgan fingerprint density at radius 2 is 1.88 bits per heavy atom. The Kier molecular flexibility index (Phi) is 4.51. The number of thiazole rings is 1. The van der Waals surface area contributed by atoms with Gasteiger partial charge in [0.05, 0.1) is 9.82 Å². The van der Waals surface area contributed by atoms with E-state index in [-0.39, 0.29) is 10.6 Å². The van der Waals surface area contributed by atoms with Gasteiger partial charge in [0.15, 0.2) is 0 Å². The Morgan fingerprint density at radius 3 is 2.48 bits per heavy atom. The molecule has 0 amide bonds. The summed E-state index contributed by atoms with van der Waals surface area (Å²) in [6.45, 7) is 1.55. The predicted molar refractivity (Wildman–Crippen MR) is 96.2 cm³/mol. The molecular weight excluding hydrogens is 362 g/mol. The number of hydrogen-bond acceptors (Lipinski definition) is 6. The largest absolute Gasteiger partial charge is 0.280 e. The molecular formula is C16H13N3O4S2. The van der Waals surface area contributed by atoms with Crippen LogP contribution in [-0.4, -0.2) is 18.3 Å². The smallest absolute Gasteiger partial charge is 0.273 e. The number of nitrogens with one attached hydrogen (secondary N) is 1. The first-order chi connectivity index (χ1) is 11.9. The highest BCUT2D eigenvalue weighted by Crippen LogP contribution is 2.26. The van der Waals surface area contributed by atoms with Gasteiger partial charge in [0, 0.05) is 34.5 Å². The van der Waals surface area contributed by atoms with E-state index in [1.165, 1.54) is 23.5 Å². The van der Waals surface area contributed by atoms with Gasteiger partial charge >= 0.3 is 0 Å². The van der Waals surface area contributed by atoms with Crippen LogP contribution >= 0.6 is 11.3 Å². The fraction of sp³-hybridized carbons (Fsp3) is 0.0625. The lowest BCUT2D eigenvalue weighted by atomic mass is 10.2. The number of nitrogens with zero attached hydrogens (tertiary/aromatic N) is 2. The standard InChI is InChI=1S/C16H13N3O4S2/c1-11-2-7-14(10-15(11)19(20)21)25(22,23)18-13-5-3-12(4-6-13)16-17-8-9-24-16/h2-10,18H,1H3. The third kappa shape index (κ3) is 3.67. The maximum Gasteiger partial charge on any atom is 0.273 e. The van der Waals surface area contributed by atoms with E-state index in [1.54, 1.807) is 37.4 Å². The highest BCUT2D eigenvalue weighted by Gasteiger charge is 2.20. The molecule has 9 heteroatoms. The van der Waals surface area contributed by atoms with Crippen LogP contribution in [0.15, 0.2) is 58.9 Å². The van der Waals surface area contributed by atoms with Crippen molar-refractivity contribution >= 4 is 32.7 Å². The Morgan fingerprint density at radius 1 is 1.16 bits per heavy atom. The minimum absolute atomic E-state index is 0.159. The number of nitro benzene ring substituents is 1. The number of nitro groups is 1. The molecule has 0 fully saturated rings. The molecule has 1 N–H and O–H groups in total. The molecule has 3 aromatic rings. The molecule has 128 valence electrons. The van der Waals surface area contributed by atoms with Crippen LogP contribution in [0.3, 0.4) is 0 Å². The highest BCUT2D eigenvalue weighted by molar-refractivity contribution is 7.92. The summed E-state index contributed by atoms with van der Waals surface area (Å²) in [4.78, 5) is 14.4. The summed E-state index contributed by atoms with van der Waals surface area (Å²) in [5, 5.41) is 13.7. The average Bonchev–Trinajstić information content (AvgIpc) is 3.09. The predicted octanol–water partition coefficient (Wildman–Crippen LogP) is 3.83. The monoisotopic (exact) mass is 375 g/mol. The number of hydrogen-bond donors (Lipinski definition) is 1. The van der Waals surface area contributed by atoms with Gasteiger partial charge in [-0.25, -0.2) is 13.4 Å². The van der Waals surface area contributed by atoms with E-state index in [1.807, 2.05) is 5.38 Å². The summed E-state index contributed by atoms with van der Waals surface area (Å²) in [7, 11) is -3.92. The first-order valence-corrected chi connectivity index (χ1v) is 9.51. The Labute approximate surface area is 148 Å². The van der Waals surface area contributed by atoms with Crippen molar-refractivity contribution in [1.82, 2.24) is 4.98 Å². The van der Waals surface area contributed by atoms with Crippen molar-refractivity contribution in [2.24, 2.45) is 0 Å². The maximum absolute atomic E-state index is 12.5. The summed E-state index contributed by atoms with van der Waals surface area (Å²) >= 11 is 1.48. The number of rotatable bonds is 5. The van der Waals surface area contributed by atoms with Crippen molar-refractivity contribution in [2.75, 3.05) is 4.72 Å². The van der Waals surface area contributed by atoms with E-state index in [2.05, 4.69) is 9.71 Å². The molecule has 25 heavy (non-hydrogen) atoms. The minimum Gasteiger partial charge on any atom is -0.280 e. The number of anilines is 1. The average molecular weight is 375 g/mol. The van der Waals surface area contributed by atoms with Gasteiger partial charge in [-0.15, -0.1) is 11.3 Å².